The van der Waals surface area contributed by atoms with E-state index in [2.05, 4.69) is 71.9 Å². The van der Waals surface area contributed by atoms with Crippen molar-refractivity contribution < 1.29 is 17.6 Å². The van der Waals surface area contributed by atoms with Crippen LogP contribution in [0.2, 0.25) is 0 Å². The molecule has 8 rings (SSSR count). The van der Waals surface area contributed by atoms with Gasteiger partial charge in [0.25, 0.3) is 0 Å². The van der Waals surface area contributed by atoms with Gasteiger partial charge >= 0.3 is 6.18 Å². The molecule has 0 N–H and O–H groups in total. The van der Waals surface area contributed by atoms with Crippen molar-refractivity contribution in [1.82, 2.24) is 14.5 Å². The topological polar surface area (TPSA) is 43.9 Å². The molecule has 8 aromatic rings. The molecule has 3 aromatic heterocycles. The highest BCUT2D eigenvalue weighted by molar-refractivity contribution is 6.14. The smallest absolute Gasteiger partial charge is 0.433 e. The summed E-state index contributed by atoms with van der Waals surface area (Å²) < 4.78 is 48.8. The second-order valence-corrected chi connectivity index (χ2v) is 11.1. The molecule has 0 aliphatic rings. The number of hydrogen-bond acceptors (Lipinski definition) is 3. The standard InChI is InChI=1S/C36H24F3N3O/c1-20(2)31-23-12-5-3-10-21(23)22-11-4-6-13-24(22)32(31)42-29-17-8-7-16-28(29)40-34(42)27-15-9-14-25-26-18-19-30(36(37,38)39)41-35(26)43-33(25)27/h3-20H,1-2H3. The van der Waals surface area contributed by atoms with E-state index in [9.17, 15) is 13.2 Å². The first-order valence-electron chi connectivity index (χ1n) is 14.1. The minimum absolute atomic E-state index is 0.0565. The van der Waals surface area contributed by atoms with Crippen molar-refractivity contribution in [2.24, 2.45) is 0 Å². The van der Waals surface area contributed by atoms with Gasteiger partial charge in [0.15, 0.2) is 0 Å². The fourth-order valence-electron chi connectivity index (χ4n) is 6.42. The second kappa shape index (κ2) is 9.16. The number of nitrogens with zero attached hydrogens (tertiary/aromatic N) is 3. The Bertz CT molecular complexity index is 2380. The molecule has 0 saturated carbocycles. The van der Waals surface area contributed by atoms with E-state index < -0.39 is 11.9 Å². The fourth-order valence-corrected chi connectivity index (χ4v) is 6.42. The van der Waals surface area contributed by atoms with Gasteiger partial charge in [0.2, 0.25) is 5.71 Å². The van der Waals surface area contributed by atoms with Gasteiger partial charge in [-0.3, -0.25) is 4.57 Å². The maximum absolute atomic E-state index is 13.5. The van der Waals surface area contributed by atoms with Gasteiger partial charge in [-0.15, -0.1) is 0 Å². The average molecular weight is 572 g/mol. The van der Waals surface area contributed by atoms with Crippen molar-refractivity contribution in [3.63, 3.8) is 0 Å². The molecule has 0 aliphatic carbocycles. The fraction of sp³-hybridized carbons (Fsp3) is 0.111. The third kappa shape index (κ3) is 3.77. The molecule has 210 valence electrons. The summed E-state index contributed by atoms with van der Waals surface area (Å²) in [6.45, 7) is 4.39. The van der Waals surface area contributed by atoms with Crippen LogP contribution in [0.25, 0.3) is 71.7 Å². The number of para-hydroxylation sites is 3. The lowest BCUT2D eigenvalue weighted by Gasteiger charge is -2.22. The van der Waals surface area contributed by atoms with Crippen molar-refractivity contribution in [3.8, 4) is 17.1 Å². The quantitative estimate of drug-likeness (QED) is 0.198. The largest absolute Gasteiger partial charge is 0.437 e. The molecule has 0 spiro atoms. The van der Waals surface area contributed by atoms with E-state index in [0.717, 1.165) is 33.6 Å². The molecule has 0 aliphatic heterocycles. The summed E-state index contributed by atoms with van der Waals surface area (Å²) in [5.74, 6) is 0.815. The van der Waals surface area contributed by atoms with Crippen LogP contribution in [0.3, 0.4) is 0 Å². The molecule has 0 saturated heterocycles. The van der Waals surface area contributed by atoms with Crippen LogP contribution in [-0.4, -0.2) is 14.5 Å². The van der Waals surface area contributed by atoms with E-state index >= 15 is 0 Å². The SMILES string of the molecule is CC(C)c1c(-n2c(-c3cccc4c3oc3nc(C(F)(F)F)ccc34)nc3ccccc32)c2ccccc2c2ccccc12. The highest BCUT2D eigenvalue weighted by Crippen LogP contribution is 2.44. The molecule has 0 radical (unpaired) electrons. The lowest BCUT2D eigenvalue weighted by atomic mass is 9.89. The first kappa shape index (κ1) is 25.5. The Morgan fingerprint density at radius 1 is 0.651 bits per heavy atom. The molecule has 5 aromatic carbocycles. The average Bonchev–Trinajstić information content (AvgIpc) is 3.58. The van der Waals surface area contributed by atoms with Crippen LogP contribution in [0.15, 0.2) is 108 Å². The lowest BCUT2D eigenvalue weighted by molar-refractivity contribution is -0.141. The summed E-state index contributed by atoms with van der Waals surface area (Å²) in [5.41, 5.74) is 4.01. The van der Waals surface area contributed by atoms with Crippen molar-refractivity contribution in [2.75, 3.05) is 0 Å². The highest BCUT2D eigenvalue weighted by atomic mass is 19.4. The van der Waals surface area contributed by atoms with Crippen LogP contribution in [0.1, 0.15) is 31.0 Å². The van der Waals surface area contributed by atoms with Crippen LogP contribution >= 0.6 is 0 Å². The maximum Gasteiger partial charge on any atom is 0.433 e. The summed E-state index contributed by atoms with van der Waals surface area (Å²) in [6.07, 6.45) is -4.58. The number of pyridine rings is 1. The zero-order valence-electron chi connectivity index (χ0n) is 23.3. The highest BCUT2D eigenvalue weighted by Gasteiger charge is 2.33. The molecule has 0 amide bonds. The number of alkyl halides is 3. The first-order valence-corrected chi connectivity index (χ1v) is 14.1. The number of benzene rings is 5. The van der Waals surface area contributed by atoms with E-state index in [1.54, 1.807) is 0 Å². The van der Waals surface area contributed by atoms with Gasteiger partial charge in [0.1, 0.15) is 17.1 Å². The summed E-state index contributed by atoms with van der Waals surface area (Å²) >= 11 is 0. The normalized spacial score (nSPS) is 12.5. The Labute approximate surface area is 244 Å². The van der Waals surface area contributed by atoms with Crippen molar-refractivity contribution in [2.45, 2.75) is 25.9 Å². The van der Waals surface area contributed by atoms with E-state index in [4.69, 9.17) is 9.40 Å². The van der Waals surface area contributed by atoms with Crippen molar-refractivity contribution in [1.29, 1.82) is 0 Å². The van der Waals surface area contributed by atoms with Gasteiger partial charge in [-0.05, 0) is 58.0 Å². The van der Waals surface area contributed by atoms with Crippen molar-refractivity contribution in [3.05, 3.63) is 114 Å². The lowest BCUT2D eigenvalue weighted by Crippen LogP contribution is -2.07. The molecule has 0 unspecified atom stereocenters. The molecule has 7 heteroatoms. The third-order valence-corrected chi connectivity index (χ3v) is 8.20. The number of furan rings is 1. The first-order chi connectivity index (χ1) is 20.8. The second-order valence-electron chi connectivity index (χ2n) is 11.1. The van der Waals surface area contributed by atoms with Gasteiger partial charge in [-0.1, -0.05) is 86.6 Å². The number of aromatic nitrogens is 3. The molecule has 43 heavy (non-hydrogen) atoms. The van der Waals surface area contributed by atoms with Crippen LogP contribution in [-0.2, 0) is 6.18 Å². The van der Waals surface area contributed by atoms with E-state index in [1.165, 1.54) is 22.4 Å². The molecule has 4 nitrogen and oxygen atoms in total. The summed E-state index contributed by atoms with van der Waals surface area (Å²) in [5, 5.41) is 5.77. The molecular weight excluding hydrogens is 547 g/mol. The van der Waals surface area contributed by atoms with E-state index in [-0.39, 0.29) is 11.6 Å². The number of halogens is 3. The monoisotopic (exact) mass is 571 g/mol. The Balaban J connectivity index is 1.53. The molecule has 0 atom stereocenters. The summed E-state index contributed by atoms with van der Waals surface area (Å²) in [7, 11) is 0. The third-order valence-electron chi connectivity index (χ3n) is 8.20. The van der Waals surface area contributed by atoms with Crippen LogP contribution < -0.4 is 0 Å². The Morgan fingerprint density at radius 3 is 2.05 bits per heavy atom. The minimum atomic E-state index is -4.58. The predicted octanol–water partition coefficient (Wildman–Crippen LogP) is 10.4. The molecular formula is C36H24F3N3O. The molecule has 0 fully saturated rings. The summed E-state index contributed by atoms with van der Waals surface area (Å²) in [4.78, 5) is 8.96. The predicted molar refractivity (Wildman–Crippen MR) is 166 cm³/mol. The zero-order chi connectivity index (χ0) is 29.5. The number of hydrogen-bond donors (Lipinski definition) is 0. The van der Waals surface area contributed by atoms with Gasteiger partial charge < -0.3 is 4.42 Å². The number of rotatable bonds is 3. The Hall–Kier alpha value is -5.17. The van der Waals surface area contributed by atoms with Gasteiger partial charge in [0.05, 0.1) is 22.3 Å². The Morgan fingerprint density at radius 2 is 1.30 bits per heavy atom. The van der Waals surface area contributed by atoms with Crippen LogP contribution in [0, 0.1) is 0 Å². The van der Waals surface area contributed by atoms with Crippen LogP contribution in [0.4, 0.5) is 13.2 Å². The minimum Gasteiger partial charge on any atom is -0.437 e. The molecule has 3 heterocycles. The van der Waals surface area contributed by atoms with Crippen molar-refractivity contribution >= 4 is 54.6 Å². The van der Waals surface area contributed by atoms with E-state index in [1.807, 2.05) is 42.5 Å². The molecule has 0 bridgehead atoms. The Kier molecular flexibility index (Phi) is 5.44. The number of imidazole rings is 1. The number of fused-ring (bicyclic) bond motifs is 7. The van der Waals surface area contributed by atoms with Gasteiger partial charge in [-0.25, -0.2) is 9.97 Å². The van der Waals surface area contributed by atoms with E-state index in [0.29, 0.717) is 27.7 Å². The van der Waals surface area contributed by atoms with Gasteiger partial charge in [-0.2, -0.15) is 13.2 Å². The summed E-state index contributed by atoms with van der Waals surface area (Å²) in [6, 6.07) is 32.9. The van der Waals surface area contributed by atoms with Crippen LogP contribution in [0.5, 0.6) is 0 Å². The zero-order valence-corrected chi connectivity index (χ0v) is 23.3. The van der Waals surface area contributed by atoms with Gasteiger partial charge in [0, 0.05) is 16.2 Å². The maximum atomic E-state index is 13.5.